The van der Waals surface area contributed by atoms with E-state index in [1.54, 1.807) is 29.2 Å². The molecule has 0 saturated carbocycles. The van der Waals surface area contributed by atoms with Gasteiger partial charge in [-0.15, -0.1) is 5.43 Å². The van der Waals surface area contributed by atoms with Crippen molar-refractivity contribution in [2.75, 3.05) is 5.43 Å². The molecule has 0 radical (unpaired) electrons. The zero-order valence-corrected chi connectivity index (χ0v) is 11.3. The summed E-state index contributed by atoms with van der Waals surface area (Å²) in [6.07, 6.45) is 3.52. The number of amides is 1. The first-order valence-electron chi connectivity index (χ1n) is 6.63. The summed E-state index contributed by atoms with van der Waals surface area (Å²) in [4.78, 5) is 16.6. The van der Waals surface area contributed by atoms with E-state index >= 15 is 0 Å². The summed E-state index contributed by atoms with van der Waals surface area (Å²) in [5, 5.41) is 0. The Morgan fingerprint density at radius 3 is 2.43 bits per heavy atom. The van der Waals surface area contributed by atoms with Crippen LogP contribution in [0.3, 0.4) is 0 Å². The maximum Gasteiger partial charge on any atom is 0.305 e. The average Bonchev–Trinajstić information content (AvgIpc) is 2.57. The SMILES string of the molecule is O=C(N[n+]1ccccc1-c1ccccn1)c1ccccc1. The second-order valence-electron chi connectivity index (χ2n) is 4.48. The molecule has 1 N–H and O–H groups in total. The molecule has 0 atom stereocenters. The van der Waals surface area contributed by atoms with Crippen LogP contribution in [0.5, 0.6) is 0 Å². The minimum atomic E-state index is -0.163. The summed E-state index contributed by atoms with van der Waals surface area (Å²) in [5.41, 5.74) is 5.09. The van der Waals surface area contributed by atoms with Crippen LogP contribution in [-0.2, 0) is 0 Å². The Hall–Kier alpha value is -3.01. The smallest absolute Gasteiger partial charge is 0.264 e. The van der Waals surface area contributed by atoms with Crippen LogP contribution in [0.2, 0.25) is 0 Å². The Bertz CT molecular complexity index is 742. The molecule has 0 aliphatic heterocycles. The largest absolute Gasteiger partial charge is 0.305 e. The maximum atomic E-state index is 12.2. The van der Waals surface area contributed by atoms with E-state index in [1.165, 1.54) is 0 Å². The third-order valence-corrected chi connectivity index (χ3v) is 3.05. The number of nitrogens with one attached hydrogen (secondary N) is 1. The minimum Gasteiger partial charge on any atom is -0.264 e. The van der Waals surface area contributed by atoms with E-state index in [1.807, 2.05) is 54.6 Å². The number of pyridine rings is 2. The summed E-state index contributed by atoms with van der Waals surface area (Å²) >= 11 is 0. The fraction of sp³-hybridized carbons (Fsp3) is 0. The highest BCUT2D eigenvalue weighted by Gasteiger charge is 2.17. The average molecular weight is 276 g/mol. The monoisotopic (exact) mass is 276 g/mol. The van der Waals surface area contributed by atoms with E-state index in [4.69, 9.17) is 0 Å². The number of hydrogen-bond donors (Lipinski definition) is 1. The van der Waals surface area contributed by atoms with E-state index in [-0.39, 0.29) is 5.91 Å². The van der Waals surface area contributed by atoms with Crippen molar-refractivity contribution in [3.8, 4) is 11.4 Å². The van der Waals surface area contributed by atoms with Crippen LogP contribution in [0.25, 0.3) is 11.4 Å². The maximum absolute atomic E-state index is 12.2. The van der Waals surface area contributed by atoms with Gasteiger partial charge in [0.2, 0.25) is 6.20 Å². The van der Waals surface area contributed by atoms with Gasteiger partial charge in [0.05, 0.1) is 0 Å². The quantitative estimate of drug-likeness (QED) is 0.747. The lowest BCUT2D eigenvalue weighted by atomic mass is 10.2. The number of carbonyl (C=O) groups excluding carboxylic acids is 1. The van der Waals surface area contributed by atoms with Gasteiger partial charge in [0.25, 0.3) is 5.69 Å². The lowest BCUT2D eigenvalue weighted by Crippen LogP contribution is -2.49. The second-order valence-corrected chi connectivity index (χ2v) is 4.48. The van der Waals surface area contributed by atoms with Gasteiger partial charge in [0, 0.05) is 23.9 Å². The molecule has 0 fully saturated rings. The Balaban J connectivity index is 1.92. The molecule has 0 unspecified atom stereocenters. The third-order valence-electron chi connectivity index (χ3n) is 3.05. The first kappa shape index (κ1) is 13.0. The fourth-order valence-corrected chi connectivity index (χ4v) is 2.03. The molecular weight excluding hydrogens is 262 g/mol. The highest BCUT2D eigenvalue weighted by molar-refractivity contribution is 5.98. The molecule has 0 aliphatic rings. The molecule has 0 aliphatic carbocycles. The molecule has 3 rings (SSSR count). The van der Waals surface area contributed by atoms with Crippen LogP contribution in [0.1, 0.15) is 10.4 Å². The zero-order chi connectivity index (χ0) is 14.5. The third kappa shape index (κ3) is 2.95. The summed E-state index contributed by atoms with van der Waals surface area (Å²) in [6.45, 7) is 0. The fourth-order valence-electron chi connectivity index (χ4n) is 2.03. The molecule has 1 amide bonds. The minimum absolute atomic E-state index is 0.163. The van der Waals surface area contributed by atoms with Gasteiger partial charge >= 0.3 is 5.91 Å². The molecule has 102 valence electrons. The van der Waals surface area contributed by atoms with Crippen molar-refractivity contribution >= 4 is 5.91 Å². The Morgan fingerprint density at radius 2 is 1.67 bits per heavy atom. The Kier molecular flexibility index (Phi) is 3.69. The topological polar surface area (TPSA) is 45.9 Å². The molecular formula is C17H14N3O+. The van der Waals surface area contributed by atoms with Gasteiger partial charge in [-0.1, -0.05) is 28.9 Å². The van der Waals surface area contributed by atoms with Crippen molar-refractivity contribution in [1.82, 2.24) is 4.98 Å². The molecule has 2 heterocycles. The van der Waals surface area contributed by atoms with Crippen molar-refractivity contribution in [3.05, 3.63) is 84.7 Å². The first-order chi connectivity index (χ1) is 10.3. The highest BCUT2D eigenvalue weighted by atomic mass is 16.2. The lowest BCUT2D eigenvalue weighted by Gasteiger charge is -2.03. The number of nitrogens with zero attached hydrogens (tertiary/aromatic N) is 2. The van der Waals surface area contributed by atoms with Crippen LogP contribution in [0.4, 0.5) is 0 Å². The number of benzene rings is 1. The van der Waals surface area contributed by atoms with E-state index < -0.39 is 0 Å². The van der Waals surface area contributed by atoms with Crippen molar-refractivity contribution < 1.29 is 9.47 Å². The Labute approximate surface area is 122 Å². The molecule has 0 bridgehead atoms. The van der Waals surface area contributed by atoms with Gasteiger partial charge in [-0.2, -0.15) is 0 Å². The van der Waals surface area contributed by atoms with E-state index in [9.17, 15) is 4.79 Å². The highest BCUT2D eigenvalue weighted by Crippen LogP contribution is 2.10. The van der Waals surface area contributed by atoms with Gasteiger partial charge in [-0.3, -0.25) is 4.79 Å². The molecule has 0 spiro atoms. The molecule has 4 nitrogen and oxygen atoms in total. The standard InChI is InChI=1S/C17H13N3O/c21-17(14-8-2-1-3-9-14)19-20-13-7-5-11-16(20)15-10-4-6-12-18-15/h1-13H/p+1. The number of carbonyl (C=O) groups is 1. The molecule has 4 heteroatoms. The van der Waals surface area contributed by atoms with E-state index in [0.29, 0.717) is 5.56 Å². The molecule has 2 aromatic heterocycles. The molecule has 3 aromatic rings. The first-order valence-corrected chi connectivity index (χ1v) is 6.63. The van der Waals surface area contributed by atoms with Crippen LogP contribution in [-0.4, -0.2) is 10.9 Å². The predicted octanol–water partition coefficient (Wildman–Crippen LogP) is 2.42. The van der Waals surface area contributed by atoms with Crippen molar-refractivity contribution in [2.24, 2.45) is 0 Å². The molecule has 1 aromatic carbocycles. The summed E-state index contributed by atoms with van der Waals surface area (Å²) in [7, 11) is 0. The Morgan fingerprint density at radius 1 is 0.905 bits per heavy atom. The van der Waals surface area contributed by atoms with Crippen LogP contribution in [0.15, 0.2) is 79.1 Å². The van der Waals surface area contributed by atoms with Crippen molar-refractivity contribution in [3.63, 3.8) is 0 Å². The van der Waals surface area contributed by atoms with E-state index in [0.717, 1.165) is 11.4 Å². The zero-order valence-electron chi connectivity index (χ0n) is 11.3. The summed E-state index contributed by atoms with van der Waals surface area (Å²) in [6, 6.07) is 20.5. The molecule has 21 heavy (non-hydrogen) atoms. The summed E-state index contributed by atoms with van der Waals surface area (Å²) in [5.74, 6) is -0.163. The second kappa shape index (κ2) is 5.96. The van der Waals surface area contributed by atoms with Gasteiger partial charge < -0.3 is 0 Å². The van der Waals surface area contributed by atoms with Gasteiger partial charge in [-0.05, 0) is 30.3 Å². The number of hydrogen-bond acceptors (Lipinski definition) is 2. The van der Waals surface area contributed by atoms with E-state index in [2.05, 4.69) is 10.4 Å². The number of rotatable bonds is 3. The van der Waals surface area contributed by atoms with Crippen molar-refractivity contribution in [1.29, 1.82) is 0 Å². The van der Waals surface area contributed by atoms with Gasteiger partial charge in [0.15, 0.2) is 0 Å². The molecule has 0 saturated heterocycles. The number of aromatic nitrogens is 2. The lowest BCUT2D eigenvalue weighted by molar-refractivity contribution is -0.630. The predicted molar refractivity (Wildman–Crippen MR) is 80.0 cm³/mol. The van der Waals surface area contributed by atoms with Crippen LogP contribution >= 0.6 is 0 Å². The normalized spacial score (nSPS) is 10.1. The van der Waals surface area contributed by atoms with Gasteiger partial charge in [-0.25, -0.2) is 4.98 Å². The van der Waals surface area contributed by atoms with Gasteiger partial charge in [0.1, 0.15) is 5.69 Å². The summed E-state index contributed by atoms with van der Waals surface area (Å²) < 4.78 is 1.68. The van der Waals surface area contributed by atoms with Crippen LogP contribution in [0, 0.1) is 0 Å². The van der Waals surface area contributed by atoms with Crippen molar-refractivity contribution in [2.45, 2.75) is 0 Å². The van der Waals surface area contributed by atoms with Crippen LogP contribution < -0.4 is 10.1 Å².